The highest BCUT2D eigenvalue weighted by molar-refractivity contribution is 5.95. The molecular weight excluding hydrogens is 421 g/mol. The van der Waals surface area contributed by atoms with Crippen LogP contribution in [0.25, 0.3) is 5.69 Å². The monoisotopic (exact) mass is 450 g/mol. The van der Waals surface area contributed by atoms with E-state index < -0.39 is 23.3 Å². The fraction of sp³-hybridized carbons (Fsp3) is 0.522. The summed E-state index contributed by atoms with van der Waals surface area (Å²) in [6.45, 7) is 8.24. The van der Waals surface area contributed by atoms with Crippen LogP contribution in [0, 0.1) is 18.8 Å². The second-order valence-corrected chi connectivity index (χ2v) is 8.76. The van der Waals surface area contributed by atoms with Gasteiger partial charge in [-0.1, -0.05) is 31.5 Å². The quantitative estimate of drug-likeness (QED) is 0.742. The second-order valence-electron chi connectivity index (χ2n) is 8.76. The van der Waals surface area contributed by atoms with Crippen molar-refractivity contribution in [3.63, 3.8) is 0 Å². The van der Waals surface area contributed by atoms with Crippen LogP contribution in [-0.2, 0) is 11.0 Å². The van der Waals surface area contributed by atoms with E-state index in [1.807, 2.05) is 27.7 Å². The van der Waals surface area contributed by atoms with Crippen LogP contribution < -0.4 is 5.32 Å². The van der Waals surface area contributed by atoms with Crippen LogP contribution >= 0.6 is 0 Å². The molecule has 1 fully saturated rings. The van der Waals surface area contributed by atoms with Crippen molar-refractivity contribution in [2.24, 2.45) is 11.8 Å². The lowest BCUT2D eigenvalue weighted by Crippen LogP contribution is -2.46. The number of aryl methyl sites for hydroxylation is 1. The first-order valence-corrected chi connectivity index (χ1v) is 10.8. The highest BCUT2D eigenvalue weighted by Gasteiger charge is 2.42. The van der Waals surface area contributed by atoms with E-state index in [0.29, 0.717) is 18.8 Å². The third-order valence-electron chi connectivity index (χ3n) is 6.07. The predicted octanol–water partition coefficient (Wildman–Crippen LogP) is 4.21. The number of aromatic nitrogens is 2. The van der Waals surface area contributed by atoms with E-state index >= 15 is 0 Å². The first-order valence-electron chi connectivity index (χ1n) is 10.8. The Bertz CT molecular complexity index is 959. The summed E-state index contributed by atoms with van der Waals surface area (Å²) in [6.07, 6.45) is -2.95. The molecule has 174 valence electrons. The zero-order valence-electron chi connectivity index (χ0n) is 18.7. The number of hydrogen-bond acceptors (Lipinski definition) is 3. The number of halogens is 3. The summed E-state index contributed by atoms with van der Waals surface area (Å²) >= 11 is 0. The molecule has 9 heteroatoms. The number of nitrogens with zero attached hydrogens (tertiary/aromatic N) is 3. The number of amides is 2. The molecule has 2 amide bonds. The minimum atomic E-state index is -4.75. The average Bonchev–Trinajstić information content (AvgIpc) is 3.19. The Morgan fingerprint density at radius 1 is 1.09 bits per heavy atom. The number of likely N-dealkylation sites (tertiary alicyclic amines) is 1. The maximum absolute atomic E-state index is 13.9. The summed E-state index contributed by atoms with van der Waals surface area (Å²) < 4.78 is 42.5. The Labute approximate surface area is 185 Å². The Balaban J connectivity index is 1.76. The molecule has 2 heterocycles. The van der Waals surface area contributed by atoms with Gasteiger partial charge < -0.3 is 10.2 Å². The molecule has 1 unspecified atom stereocenters. The van der Waals surface area contributed by atoms with Crippen LogP contribution in [-0.4, -0.2) is 45.6 Å². The van der Waals surface area contributed by atoms with E-state index in [-0.39, 0.29) is 36.6 Å². The molecule has 1 aromatic heterocycles. The lowest BCUT2D eigenvalue weighted by molar-refractivity contribution is -0.143. The van der Waals surface area contributed by atoms with Crippen LogP contribution in [0.4, 0.5) is 13.2 Å². The number of carbonyl (C=O) groups excluding carboxylic acids is 2. The highest BCUT2D eigenvalue weighted by atomic mass is 19.4. The fourth-order valence-electron chi connectivity index (χ4n) is 3.68. The zero-order valence-corrected chi connectivity index (χ0v) is 18.7. The highest BCUT2D eigenvalue weighted by Crippen LogP contribution is 2.34. The van der Waals surface area contributed by atoms with E-state index in [9.17, 15) is 22.8 Å². The zero-order chi connectivity index (χ0) is 23.6. The van der Waals surface area contributed by atoms with Gasteiger partial charge in [0, 0.05) is 25.0 Å². The summed E-state index contributed by atoms with van der Waals surface area (Å²) in [7, 11) is 0. The lowest BCUT2D eigenvalue weighted by atomic mass is 9.94. The maximum atomic E-state index is 13.9. The van der Waals surface area contributed by atoms with Gasteiger partial charge in [0.05, 0.1) is 17.4 Å². The summed E-state index contributed by atoms with van der Waals surface area (Å²) in [6, 6.07) is 6.48. The van der Waals surface area contributed by atoms with Gasteiger partial charge in [0.25, 0.3) is 5.91 Å². The topological polar surface area (TPSA) is 67.2 Å². The van der Waals surface area contributed by atoms with Crippen LogP contribution in [0.15, 0.2) is 30.5 Å². The van der Waals surface area contributed by atoms with E-state index in [0.717, 1.165) is 16.4 Å². The molecule has 0 radical (unpaired) electrons. The van der Waals surface area contributed by atoms with Crippen molar-refractivity contribution in [1.29, 1.82) is 0 Å². The fourth-order valence-corrected chi connectivity index (χ4v) is 3.68. The maximum Gasteiger partial charge on any atom is 0.434 e. The third kappa shape index (κ3) is 5.14. The van der Waals surface area contributed by atoms with Gasteiger partial charge in [-0.25, -0.2) is 4.68 Å². The minimum absolute atomic E-state index is 0.0316. The average molecular weight is 451 g/mol. The molecule has 3 rings (SSSR count). The minimum Gasteiger partial charge on any atom is -0.353 e. The molecular formula is C23H29F3N4O2. The molecule has 0 saturated carbocycles. The van der Waals surface area contributed by atoms with Crippen molar-refractivity contribution < 1.29 is 22.8 Å². The molecule has 32 heavy (non-hydrogen) atoms. The van der Waals surface area contributed by atoms with Crippen LogP contribution in [0.5, 0.6) is 0 Å². The Morgan fingerprint density at radius 2 is 1.69 bits per heavy atom. The number of piperidine rings is 1. The van der Waals surface area contributed by atoms with Gasteiger partial charge in [0.15, 0.2) is 5.69 Å². The van der Waals surface area contributed by atoms with Gasteiger partial charge in [0.1, 0.15) is 0 Å². The lowest BCUT2D eigenvalue weighted by Gasteiger charge is -2.32. The largest absolute Gasteiger partial charge is 0.434 e. The number of carbonyl (C=O) groups is 2. The number of benzene rings is 1. The second kappa shape index (κ2) is 9.34. The molecule has 6 nitrogen and oxygen atoms in total. The van der Waals surface area contributed by atoms with Crippen molar-refractivity contribution in [2.75, 3.05) is 13.1 Å². The van der Waals surface area contributed by atoms with Gasteiger partial charge in [0.2, 0.25) is 5.91 Å². The van der Waals surface area contributed by atoms with E-state index in [1.165, 1.54) is 17.0 Å². The SMILES string of the molecule is Cc1ccc(-n2ncc(C(=O)N3CCC(C(=O)NC(C)C(C)C)CC3)c2C(F)(F)F)cc1. The number of hydrogen-bond donors (Lipinski definition) is 1. The van der Waals surface area contributed by atoms with Crippen molar-refractivity contribution in [3.05, 3.63) is 47.3 Å². The van der Waals surface area contributed by atoms with Crippen molar-refractivity contribution >= 4 is 11.8 Å². The third-order valence-corrected chi connectivity index (χ3v) is 6.07. The summed E-state index contributed by atoms with van der Waals surface area (Å²) in [5, 5.41) is 6.85. The standard InChI is InChI=1S/C23H29F3N4O2/c1-14(2)16(4)28-21(31)17-9-11-29(12-10-17)22(32)19-13-27-30(20(19)23(24,25)26)18-7-5-15(3)6-8-18/h5-8,13-14,16-17H,9-12H2,1-4H3,(H,28,31). The normalized spacial score (nSPS) is 16.3. The van der Waals surface area contributed by atoms with Gasteiger partial charge >= 0.3 is 6.18 Å². The first kappa shape index (κ1) is 23.8. The smallest absolute Gasteiger partial charge is 0.353 e. The molecule has 1 atom stereocenters. The molecule has 1 saturated heterocycles. The first-order chi connectivity index (χ1) is 15.0. The predicted molar refractivity (Wildman–Crippen MR) is 114 cm³/mol. The van der Waals surface area contributed by atoms with Gasteiger partial charge in [-0.15, -0.1) is 0 Å². The van der Waals surface area contributed by atoms with Gasteiger partial charge in [-0.05, 0) is 44.7 Å². The van der Waals surface area contributed by atoms with Crippen LogP contribution in [0.1, 0.15) is 55.2 Å². The van der Waals surface area contributed by atoms with Crippen LogP contribution in [0.3, 0.4) is 0 Å². The molecule has 0 bridgehead atoms. The summed E-state index contributed by atoms with van der Waals surface area (Å²) in [5.41, 5.74) is -0.427. The molecule has 0 aliphatic carbocycles. The molecule has 1 aliphatic rings. The van der Waals surface area contributed by atoms with E-state index in [2.05, 4.69) is 10.4 Å². The molecule has 1 N–H and O–H groups in total. The Kier molecular flexibility index (Phi) is 6.95. The number of nitrogens with one attached hydrogen (secondary N) is 1. The molecule has 1 aromatic carbocycles. The molecule has 0 spiro atoms. The van der Waals surface area contributed by atoms with E-state index in [4.69, 9.17) is 0 Å². The molecule has 2 aromatic rings. The van der Waals surface area contributed by atoms with E-state index in [1.54, 1.807) is 12.1 Å². The molecule has 1 aliphatic heterocycles. The van der Waals surface area contributed by atoms with Gasteiger partial charge in [-0.2, -0.15) is 18.3 Å². The van der Waals surface area contributed by atoms with Crippen molar-refractivity contribution in [2.45, 2.75) is 52.8 Å². The van der Waals surface area contributed by atoms with Crippen LogP contribution in [0.2, 0.25) is 0 Å². The Morgan fingerprint density at radius 3 is 2.22 bits per heavy atom. The van der Waals surface area contributed by atoms with Crippen molar-refractivity contribution in [3.8, 4) is 5.69 Å². The van der Waals surface area contributed by atoms with Crippen molar-refractivity contribution in [1.82, 2.24) is 20.0 Å². The number of rotatable bonds is 5. The summed E-state index contributed by atoms with van der Waals surface area (Å²) in [4.78, 5) is 26.8. The van der Waals surface area contributed by atoms with Gasteiger partial charge in [-0.3, -0.25) is 9.59 Å². The summed E-state index contributed by atoms with van der Waals surface area (Å²) in [5.74, 6) is -0.740. The Hall–Kier alpha value is -2.84. The number of alkyl halides is 3.